The van der Waals surface area contributed by atoms with Crippen LogP contribution in [0.1, 0.15) is 11.4 Å². The van der Waals surface area contributed by atoms with Gasteiger partial charge in [-0.25, -0.2) is 8.42 Å². The quantitative estimate of drug-likeness (QED) is 0.780. The van der Waals surface area contributed by atoms with Gasteiger partial charge in [-0.2, -0.15) is 0 Å². The maximum Gasteiger partial charge on any atom is 0.153 e. The zero-order valence-corrected chi connectivity index (χ0v) is 15.1. The van der Waals surface area contributed by atoms with E-state index in [1.165, 1.54) is 5.56 Å². The predicted molar refractivity (Wildman–Crippen MR) is 94.5 cm³/mol. The summed E-state index contributed by atoms with van der Waals surface area (Å²) in [6.45, 7) is 3.15. The van der Waals surface area contributed by atoms with Crippen LogP contribution in [0.2, 0.25) is 0 Å². The number of nitrogens with zero attached hydrogens (tertiary/aromatic N) is 5. The highest BCUT2D eigenvalue weighted by Gasteiger charge is 2.46. The first-order valence-electron chi connectivity index (χ1n) is 8.57. The molecule has 0 bridgehead atoms. The highest BCUT2D eigenvalue weighted by atomic mass is 32.2. The van der Waals surface area contributed by atoms with E-state index in [4.69, 9.17) is 0 Å². The molecule has 0 radical (unpaired) electrons. The molecule has 0 aliphatic carbocycles. The lowest BCUT2D eigenvalue weighted by molar-refractivity contribution is 0.0335. The molecule has 4 rings (SSSR count). The van der Waals surface area contributed by atoms with Crippen LogP contribution >= 0.6 is 0 Å². The highest BCUT2D eigenvalue weighted by Crippen LogP contribution is 2.29. The minimum atomic E-state index is -3.00. The Hall–Kier alpha value is -1.77. The number of benzene rings is 1. The molecule has 1 aromatic carbocycles. The van der Waals surface area contributed by atoms with Crippen molar-refractivity contribution >= 4 is 9.84 Å². The van der Waals surface area contributed by atoms with Gasteiger partial charge in [-0.15, -0.1) is 10.2 Å². The van der Waals surface area contributed by atoms with Gasteiger partial charge in [-0.1, -0.05) is 30.3 Å². The molecule has 0 spiro atoms. The van der Waals surface area contributed by atoms with Crippen LogP contribution < -0.4 is 0 Å². The first kappa shape index (κ1) is 16.7. The molecule has 0 amide bonds. The van der Waals surface area contributed by atoms with E-state index in [1.54, 1.807) is 6.33 Å². The number of sulfone groups is 1. The fourth-order valence-electron chi connectivity index (χ4n) is 3.94. The lowest BCUT2D eigenvalue weighted by atomic mass is 10.0. The van der Waals surface area contributed by atoms with Crippen LogP contribution in [-0.2, 0) is 30.0 Å². The van der Waals surface area contributed by atoms with E-state index in [-0.39, 0.29) is 23.6 Å². The van der Waals surface area contributed by atoms with E-state index < -0.39 is 9.84 Å². The molecule has 2 fully saturated rings. The van der Waals surface area contributed by atoms with Gasteiger partial charge in [0, 0.05) is 38.8 Å². The lowest BCUT2D eigenvalue weighted by Gasteiger charge is -2.43. The van der Waals surface area contributed by atoms with Crippen LogP contribution in [0.25, 0.3) is 0 Å². The van der Waals surface area contributed by atoms with E-state index in [2.05, 4.69) is 32.1 Å². The molecule has 2 aromatic rings. The average Bonchev–Trinajstić information content (AvgIpc) is 3.13. The zero-order chi connectivity index (χ0) is 17.4. The van der Waals surface area contributed by atoms with Crippen molar-refractivity contribution in [1.29, 1.82) is 0 Å². The number of rotatable bonds is 4. The van der Waals surface area contributed by atoms with Crippen molar-refractivity contribution in [1.82, 2.24) is 24.6 Å². The minimum Gasteiger partial charge on any atom is -0.320 e. The largest absolute Gasteiger partial charge is 0.320 e. The number of fused-ring (bicyclic) bond motifs is 1. The van der Waals surface area contributed by atoms with E-state index in [0.717, 1.165) is 25.5 Å². The fraction of sp³-hybridized carbons (Fsp3) is 0.529. The van der Waals surface area contributed by atoms with Crippen molar-refractivity contribution < 1.29 is 8.42 Å². The fourth-order valence-corrected chi connectivity index (χ4v) is 5.98. The van der Waals surface area contributed by atoms with Gasteiger partial charge >= 0.3 is 0 Å². The third-order valence-corrected chi connectivity index (χ3v) is 6.98. The normalized spacial score (nSPS) is 26.6. The van der Waals surface area contributed by atoms with Crippen molar-refractivity contribution in [3.8, 4) is 0 Å². The molecule has 0 N–H and O–H groups in total. The first-order valence-corrected chi connectivity index (χ1v) is 10.4. The van der Waals surface area contributed by atoms with Gasteiger partial charge in [0.1, 0.15) is 12.2 Å². The molecular weight excluding hydrogens is 338 g/mol. The lowest BCUT2D eigenvalue weighted by Crippen LogP contribution is -2.58. The van der Waals surface area contributed by atoms with Gasteiger partial charge in [0.15, 0.2) is 9.84 Å². The molecule has 2 aliphatic rings. The molecular formula is C17H23N5O2S. The molecule has 7 nitrogen and oxygen atoms in total. The first-order chi connectivity index (χ1) is 12.0. The summed E-state index contributed by atoms with van der Waals surface area (Å²) in [5.41, 5.74) is 1.23. The Labute approximate surface area is 148 Å². The summed E-state index contributed by atoms with van der Waals surface area (Å²) in [6, 6.07) is 10.3. The molecule has 25 heavy (non-hydrogen) atoms. The maximum atomic E-state index is 12.3. The van der Waals surface area contributed by atoms with Crippen molar-refractivity contribution in [3.63, 3.8) is 0 Å². The van der Waals surface area contributed by atoms with E-state index in [1.807, 2.05) is 29.8 Å². The summed E-state index contributed by atoms with van der Waals surface area (Å²) in [5, 5.41) is 8.09. The van der Waals surface area contributed by atoms with Gasteiger partial charge in [-0.05, 0) is 5.56 Å². The molecule has 134 valence electrons. The Morgan fingerprint density at radius 2 is 1.68 bits per heavy atom. The van der Waals surface area contributed by atoms with Crippen LogP contribution in [-0.4, -0.2) is 69.7 Å². The monoisotopic (exact) mass is 361 g/mol. The number of hydrogen-bond acceptors (Lipinski definition) is 6. The molecule has 3 heterocycles. The Morgan fingerprint density at radius 1 is 1.04 bits per heavy atom. The third kappa shape index (κ3) is 3.47. The number of hydrogen-bond donors (Lipinski definition) is 0. The predicted octanol–water partition coefficient (Wildman–Crippen LogP) is 0.298. The van der Waals surface area contributed by atoms with Gasteiger partial charge in [0.05, 0.1) is 18.1 Å². The van der Waals surface area contributed by atoms with Crippen molar-refractivity contribution in [2.24, 2.45) is 7.05 Å². The van der Waals surface area contributed by atoms with E-state index in [9.17, 15) is 8.42 Å². The second-order valence-corrected chi connectivity index (χ2v) is 9.15. The summed E-state index contributed by atoms with van der Waals surface area (Å²) in [4.78, 5) is 4.60. The maximum absolute atomic E-state index is 12.3. The Morgan fingerprint density at radius 3 is 2.28 bits per heavy atom. The second-order valence-electron chi connectivity index (χ2n) is 7.00. The SMILES string of the molecule is Cn1cnnc1CN1CCN(Cc2ccccc2)[C@@H]2CS(=O)(=O)C[C@@H]21. The minimum absolute atomic E-state index is 0.0270. The Kier molecular flexibility index (Phi) is 4.35. The molecule has 0 saturated carbocycles. The number of aromatic nitrogens is 3. The van der Waals surface area contributed by atoms with Gasteiger partial charge in [0.2, 0.25) is 0 Å². The summed E-state index contributed by atoms with van der Waals surface area (Å²) in [6.07, 6.45) is 1.68. The number of piperazine rings is 1. The van der Waals surface area contributed by atoms with Crippen LogP contribution in [0.15, 0.2) is 36.7 Å². The summed E-state index contributed by atoms with van der Waals surface area (Å²) < 4.78 is 26.5. The molecule has 2 saturated heterocycles. The smallest absolute Gasteiger partial charge is 0.153 e. The highest BCUT2D eigenvalue weighted by molar-refractivity contribution is 7.91. The van der Waals surface area contributed by atoms with Gasteiger partial charge in [0.25, 0.3) is 0 Å². The van der Waals surface area contributed by atoms with Crippen LogP contribution in [0.4, 0.5) is 0 Å². The molecule has 0 unspecified atom stereocenters. The van der Waals surface area contributed by atoms with Gasteiger partial charge < -0.3 is 4.57 Å². The van der Waals surface area contributed by atoms with Crippen LogP contribution in [0.3, 0.4) is 0 Å². The van der Waals surface area contributed by atoms with Crippen LogP contribution in [0.5, 0.6) is 0 Å². The molecule has 1 aromatic heterocycles. The Balaban J connectivity index is 1.54. The third-order valence-electron chi connectivity index (χ3n) is 5.28. The zero-order valence-electron chi connectivity index (χ0n) is 14.3. The second kappa shape index (κ2) is 6.51. The topological polar surface area (TPSA) is 71.3 Å². The number of aryl methyl sites for hydroxylation is 1. The van der Waals surface area contributed by atoms with E-state index >= 15 is 0 Å². The molecule has 8 heteroatoms. The van der Waals surface area contributed by atoms with E-state index in [0.29, 0.717) is 6.54 Å². The average molecular weight is 361 g/mol. The van der Waals surface area contributed by atoms with Crippen LogP contribution in [0, 0.1) is 0 Å². The van der Waals surface area contributed by atoms with Crippen molar-refractivity contribution in [3.05, 3.63) is 48.0 Å². The summed E-state index contributed by atoms with van der Waals surface area (Å²) >= 11 is 0. The van der Waals surface area contributed by atoms with Crippen molar-refractivity contribution in [2.45, 2.75) is 25.2 Å². The van der Waals surface area contributed by atoms with Gasteiger partial charge in [-0.3, -0.25) is 9.80 Å². The molecule has 2 aliphatic heterocycles. The standard InChI is InChI=1S/C17H23N5O2S/c1-20-13-18-19-17(20)10-22-8-7-21(9-14-5-3-2-4-6-14)15-11-25(23,24)12-16(15)22/h2-6,13,15-16H,7-12H2,1H3/t15-,16+/m1/s1. The summed E-state index contributed by atoms with van der Waals surface area (Å²) in [5.74, 6) is 1.36. The van der Waals surface area contributed by atoms with Crippen molar-refractivity contribution in [2.75, 3.05) is 24.6 Å². The summed E-state index contributed by atoms with van der Waals surface area (Å²) in [7, 11) is -1.08. The molecule has 2 atom stereocenters. The Bertz CT molecular complexity index is 836.